The molecule has 7 nitrogen and oxygen atoms in total. The van der Waals surface area contributed by atoms with E-state index in [9.17, 15) is 19.5 Å². The van der Waals surface area contributed by atoms with Gasteiger partial charge in [-0.2, -0.15) is 0 Å². The average molecular weight is 446 g/mol. The summed E-state index contributed by atoms with van der Waals surface area (Å²) < 4.78 is 0. The molecule has 4 atom stereocenters. The van der Waals surface area contributed by atoms with Gasteiger partial charge in [0.1, 0.15) is 12.1 Å². The van der Waals surface area contributed by atoms with Crippen LogP contribution in [-0.2, 0) is 19.8 Å². The van der Waals surface area contributed by atoms with E-state index in [0.29, 0.717) is 0 Å². The molecule has 0 bridgehead atoms. The van der Waals surface area contributed by atoms with Crippen molar-refractivity contribution in [1.29, 1.82) is 0 Å². The van der Waals surface area contributed by atoms with Gasteiger partial charge in [-0.05, 0) is 28.9 Å². The number of carbonyl (C=O) groups is 3. The highest BCUT2D eigenvalue weighted by Gasteiger charge is 2.44. The number of likely N-dealkylation sites (tertiary alicyclic amines) is 1. The lowest BCUT2D eigenvalue weighted by Crippen LogP contribution is -2.57. The number of carbonyl (C=O) groups excluding carboxylic acids is 3. The summed E-state index contributed by atoms with van der Waals surface area (Å²) in [7, 11) is 0. The molecule has 1 aliphatic heterocycles. The lowest BCUT2D eigenvalue weighted by molar-refractivity contribution is -0.144. The zero-order valence-electron chi connectivity index (χ0n) is 20.7. The molecule has 0 aliphatic carbocycles. The number of aliphatic hydroxyl groups excluding tert-OH is 1. The predicted molar refractivity (Wildman–Crippen MR) is 125 cm³/mol. The molecule has 0 spiro atoms. The van der Waals surface area contributed by atoms with E-state index in [2.05, 4.69) is 43.5 Å². The molecule has 2 unspecified atom stereocenters. The Labute approximate surface area is 191 Å². The van der Waals surface area contributed by atoms with Crippen LogP contribution in [0, 0.1) is 5.41 Å². The minimum absolute atomic E-state index is 0.0450. The van der Waals surface area contributed by atoms with Crippen LogP contribution in [0.3, 0.4) is 0 Å². The highest BCUT2D eigenvalue weighted by atomic mass is 16.3. The quantitative estimate of drug-likeness (QED) is 0.649. The maximum Gasteiger partial charge on any atom is 0.246 e. The Morgan fingerprint density at radius 3 is 2.06 bits per heavy atom. The first kappa shape index (κ1) is 25.8. The molecule has 2 rings (SSSR count). The minimum Gasteiger partial charge on any atom is -0.391 e. The van der Waals surface area contributed by atoms with E-state index in [0.717, 1.165) is 5.56 Å². The smallest absolute Gasteiger partial charge is 0.246 e. The number of amides is 3. The summed E-state index contributed by atoms with van der Waals surface area (Å²) in [5, 5.41) is 15.9. The van der Waals surface area contributed by atoms with Gasteiger partial charge < -0.3 is 20.6 Å². The number of nitrogens with zero attached hydrogens (tertiary/aromatic N) is 1. The highest BCUT2D eigenvalue weighted by molar-refractivity contribution is 5.93. The third-order valence-electron chi connectivity index (χ3n) is 5.96. The van der Waals surface area contributed by atoms with E-state index in [1.54, 1.807) is 0 Å². The molecule has 1 aromatic carbocycles. The van der Waals surface area contributed by atoms with E-state index in [1.165, 1.54) is 17.4 Å². The van der Waals surface area contributed by atoms with Crippen molar-refractivity contribution in [1.82, 2.24) is 15.5 Å². The van der Waals surface area contributed by atoms with Crippen molar-refractivity contribution in [3.63, 3.8) is 0 Å². The molecule has 32 heavy (non-hydrogen) atoms. The summed E-state index contributed by atoms with van der Waals surface area (Å²) in [4.78, 5) is 39.5. The van der Waals surface area contributed by atoms with Crippen LogP contribution < -0.4 is 10.6 Å². The molecule has 1 heterocycles. The van der Waals surface area contributed by atoms with E-state index in [4.69, 9.17) is 0 Å². The minimum atomic E-state index is -0.789. The van der Waals surface area contributed by atoms with Crippen molar-refractivity contribution >= 4 is 17.7 Å². The molecule has 1 aromatic rings. The fourth-order valence-corrected chi connectivity index (χ4v) is 3.99. The molecular weight excluding hydrogens is 406 g/mol. The van der Waals surface area contributed by atoms with Gasteiger partial charge in [-0.25, -0.2) is 0 Å². The van der Waals surface area contributed by atoms with Crippen LogP contribution in [0.15, 0.2) is 24.3 Å². The Balaban J connectivity index is 2.17. The summed E-state index contributed by atoms with van der Waals surface area (Å²) in [5.41, 5.74) is 1.68. The van der Waals surface area contributed by atoms with E-state index in [-0.39, 0.29) is 42.1 Å². The summed E-state index contributed by atoms with van der Waals surface area (Å²) in [6.07, 6.45) is -0.612. The summed E-state index contributed by atoms with van der Waals surface area (Å²) in [5.74, 6) is -0.976. The standard InChI is InChI=1S/C25H39N3O4/c1-15(17-9-11-18(12-10-17)24(3,4)5)26-22(31)20-13-19(30)14-28(20)23(32)21(25(6,7)8)27-16(2)29/h9-12,15,19-21,30H,13-14H2,1-8H3,(H,26,31)(H,27,29)/t15-,19?,20?,21+/m0/s1. The maximum absolute atomic E-state index is 13.3. The molecule has 0 aromatic heterocycles. The van der Waals surface area contributed by atoms with Crippen molar-refractivity contribution in [3.05, 3.63) is 35.4 Å². The second kappa shape index (κ2) is 9.61. The van der Waals surface area contributed by atoms with E-state index < -0.39 is 23.6 Å². The molecule has 3 N–H and O–H groups in total. The maximum atomic E-state index is 13.3. The van der Waals surface area contributed by atoms with Crippen LogP contribution in [0.2, 0.25) is 0 Å². The van der Waals surface area contributed by atoms with Gasteiger partial charge >= 0.3 is 0 Å². The average Bonchev–Trinajstić information content (AvgIpc) is 3.06. The molecule has 1 saturated heterocycles. The molecule has 7 heteroatoms. The van der Waals surface area contributed by atoms with Gasteiger partial charge in [-0.3, -0.25) is 14.4 Å². The molecule has 178 valence electrons. The third kappa shape index (κ3) is 6.31. The Hall–Kier alpha value is -2.41. The first-order valence-electron chi connectivity index (χ1n) is 11.3. The number of nitrogens with one attached hydrogen (secondary N) is 2. The fraction of sp³-hybridized carbons (Fsp3) is 0.640. The summed E-state index contributed by atoms with van der Waals surface area (Å²) >= 11 is 0. The van der Waals surface area contributed by atoms with Gasteiger partial charge in [-0.1, -0.05) is 65.8 Å². The summed E-state index contributed by atoms with van der Waals surface area (Å²) in [6.45, 7) is 15.3. The first-order valence-corrected chi connectivity index (χ1v) is 11.3. The van der Waals surface area contributed by atoms with Crippen LogP contribution in [0.1, 0.15) is 79.0 Å². The van der Waals surface area contributed by atoms with Gasteiger partial charge in [0.2, 0.25) is 17.7 Å². The van der Waals surface area contributed by atoms with Crippen LogP contribution in [0.4, 0.5) is 0 Å². The van der Waals surface area contributed by atoms with Gasteiger partial charge in [0, 0.05) is 19.9 Å². The number of β-amino-alcohol motifs (C(OH)–C–C–N with tert-alkyl or cyclic N) is 1. The Bertz CT molecular complexity index is 836. The van der Waals surface area contributed by atoms with Crippen LogP contribution in [0.25, 0.3) is 0 Å². The second-order valence-electron chi connectivity index (χ2n) is 11.0. The van der Waals surface area contributed by atoms with Crippen molar-refractivity contribution < 1.29 is 19.5 Å². The number of aliphatic hydroxyl groups is 1. The molecule has 1 fully saturated rings. The van der Waals surface area contributed by atoms with Gasteiger partial charge in [0.05, 0.1) is 12.1 Å². The van der Waals surface area contributed by atoms with E-state index in [1.807, 2.05) is 39.8 Å². The number of hydrogen-bond acceptors (Lipinski definition) is 4. The third-order valence-corrected chi connectivity index (χ3v) is 5.96. The van der Waals surface area contributed by atoms with E-state index >= 15 is 0 Å². The summed E-state index contributed by atoms with van der Waals surface area (Å²) in [6, 6.07) is 6.31. The number of rotatable bonds is 5. The molecule has 1 aliphatic rings. The zero-order chi connectivity index (χ0) is 24.4. The lowest BCUT2D eigenvalue weighted by Gasteiger charge is -2.35. The Morgan fingerprint density at radius 1 is 1.03 bits per heavy atom. The SMILES string of the molecule is CC(=O)N[C@H](C(=O)N1CC(O)CC1C(=O)N[C@@H](C)c1ccc(C(C)(C)C)cc1)C(C)(C)C. The van der Waals surface area contributed by atoms with Crippen molar-refractivity contribution in [2.75, 3.05) is 6.54 Å². The van der Waals surface area contributed by atoms with Crippen LogP contribution in [-0.4, -0.2) is 52.5 Å². The van der Waals surface area contributed by atoms with Gasteiger partial charge in [0.15, 0.2) is 0 Å². The monoisotopic (exact) mass is 445 g/mol. The van der Waals surface area contributed by atoms with Crippen molar-refractivity contribution in [2.45, 2.75) is 91.5 Å². The molecule has 0 radical (unpaired) electrons. The van der Waals surface area contributed by atoms with Crippen molar-refractivity contribution in [2.24, 2.45) is 5.41 Å². The predicted octanol–water partition coefficient (Wildman–Crippen LogP) is 2.67. The Morgan fingerprint density at radius 2 is 1.59 bits per heavy atom. The largest absolute Gasteiger partial charge is 0.391 e. The number of hydrogen-bond donors (Lipinski definition) is 3. The fourth-order valence-electron chi connectivity index (χ4n) is 3.99. The van der Waals surface area contributed by atoms with Crippen molar-refractivity contribution in [3.8, 4) is 0 Å². The number of benzene rings is 1. The molecule has 0 saturated carbocycles. The normalized spacial score (nSPS) is 21.1. The van der Waals surface area contributed by atoms with Crippen LogP contribution >= 0.6 is 0 Å². The topological polar surface area (TPSA) is 98.7 Å². The first-order chi connectivity index (χ1) is 14.6. The lowest BCUT2D eigenvalue weighted by atomic mass is 9.85. The van der Waals surface area contributed by atoms with Gasteiger partial charge in [-0.15, -0.1) is 0 Å². The highest BCUT2D eigenvalue weighted by Crippen LogP contribution is 2.27. The van der Waals surface area contributed by atoms with Crippen LogP contribution in [0.5, 0.6) is 0 Å². The molecular formula is C25H39N3O4. The Kier molecular flexibility index (Phi) is 7.76. The molecule has 3 amide bonds. The van der Waals surface area contributed by atoms with Gasteiger partial charge in [0.25, 0.3) is 0 Å². The second-order valence-corrected chi connectivity index (χ2v) is 11.0. The zero-order valence-corrected chi connectivity index (χ0v) is 20.7.